The zero-order valence-corrected chi connectivity index (χ0v) is 18.2. The van der Waals surface area contributed by atoms with Crippen molar-refractivity contribution in [1.82, 2.24) is 0 Å². The summed E-state index contributed by atoms with van der Waals surface area (Å²) >= 11 is 0. The van der Waals surface area contributed by atoms with Crippen molar-refractivity contribution in [3.8, 4) is 0 Å². The van der Waals surface area contributed by atoms with Crippen molar-refractivity contribution in [1.29, 1.82) is 0 Å². The van der Waals surface area contributed by atoms with Gasteiger partial charge in [-0.2, -0.15) is 0 Å². The number of carbonyl (C=O) groups is 1. The van der Waals surface area contributed by atoms with E-state index in [1.165, 1.54) is 70.6 Å². The summed E-state index contributed by atoms with van der Waals surface area (Å²) in [7, 11) is 0. The lowest BCUT2D eigenvalue weighted by Gasteiger charge is -2.31. The van der Waals surface area contributed by atoms with Gasteiger partial charge in [-0.15, -0.1) is 0 Å². The summed E-state index contributed by atoms with van der Waals surface area (Å²) in [6.45, 7) is 7.29. The van der Waals surface area contributed by atoms with Crippen LogP contribution in [0.2, 0.25) is 0 Å². The molecule has 1 aliphatic rings. The average Bonchev–Trinajstić information content (AvgIpc) is 2.66. The highest BCUT2D eigenvalue weighted by atomic mass is 16.7. The van der Waals surface area contributed by atoms with E-state index in [0.29, 0.717) is 25.6 Å². The minimum atomic E-state index is -0.241. The van der Waals surface area contributed by atoms with Crippen LogP contribution in [-0.2, 0) is 19.0 Å². The Labute approximate surface area is 167 Å². The van der Waals surface area contributed by atoms with E-state index in [1.807, 2.05) is 0 Å². The molecule has 0 N–H and O–H groups in total. The van der Waals surface area contributed by atoms with Gasteiger partial charge in [0.1, 0.15) is 6.10 Å². The molecule has 4 heteroatoms. The van der Waals surface area contributed by atoms with Gasteiger partial charge in [0.2, 0.25) is 0 Å². The number of esters is 1. The first-order chi connectivity index (χ1) is 13.1. The first-order valence-corrected chi connectivity index (χ1v) is 11.6. The summed E-state index contributed by atoms with van der Waals surface area (Å²) in [5.74, 6) is 0.214. The Hall–Kier alpha value is -0.610. The molecule has 0 aromatic rings. The van der Waals surface area contributed by atoms with Crippen LogP contribution in [0.1, 0.15) is 111 Å². The number of hydrogen-bond donors (Lipinski definition) is 0. The van der Waals surface area contributed by atoms with Gasteiger partial charge in [0.25, 0.3) is 0 Å². The molecule has 0 unspecified atom stereocenters. The molecule has 0 radical (unpaired) electrons. The fourth-order valence-corrected chi connectivity index (χ4v) is 3.49. The molecule has 0 aliphatic carbocycles. The van der Waals surface area contributed by atoms with Crippen LogP contribution in [0, 0.1) is 5.92 Å². The van der Waals surface area contributed by atoms with Crippen molar-refractivity contribution in [2.75, 3.05) is 13.2 Å². The molecule has 0 saturated carbocycles. The highest BCUT2D eigenvalue weighted by Crippen LogP contribution is 2.17. The van der Waals surface area contributed by atoms with Crippen molar-refractivity contribution in [3.63, 3.8) is 0 Å². The van der Waals surface area contributed by atoms with Crippen LogP contribution >= 0.6 is 0 Å². The molecule has 1 rings (SSSR count). The lowest BCUT2D eigenvalue weighted by molar-refractivity contribution is -0.239. The SMILES string of the molecule is CCCCCCCCCCCCCCCC(=O)OC1COC(C(C)C)OC1. The van der Waals surface area contributed by atoms with E-state index >= 15 is 0 Å². The number of unbranched alkanes of at least 4 members (excludes halogenated alkanes) is 12. The Morgan fingerprint density at radius 3 is 1.70 bits per heavy atom. The predicted molar refractivity (Wildman–Crippen MR) is 111 cm³/mol. The van der Waals surface area contributed by atoms with Crippen LogP contribution in [0.25, 0.3) is 0 Å². The summed E-state index contributed by atoms with van der Waals surface area (Å²) < 4.78 is 16.6. The molecule has 160 valence electrons. The van der Waals surface area contributed by atoms with Gasteiger partial charge in [-0.3, -0.25) is 4.79 Å². The van der Waals surface area contributed by atoms with Crippen LogP contribution in [0.4, 0.5) is 0 Å². The summed E-state index contributed by atoms with van der Waals surface area (Å²) in [5.41, 5.74) is 0. The highest BCUT2D eigenvalue weighted by Gasteiger charge is 2.26. The smallest absolute Gasteiger partial charge is 0.306 e. The lowest BCUT2D eigenvalue weighted by atomic mass is 10.0. The normalized spacial score (nSPS) is 20.1. The fraction of sp³-hybridized carbons (Fsp3) is 0.957. The monoisotopic (exact) mass is 384 g/mol. The molecule has 0 aromatic carbocycles. The maximum atomic E-state index is 11.9. The first kappa shape index (κ1) is 24.4. The van der Waals surface area contributed by atoms with Crippen molar-refractivity contribution in [3.05, 3.63) is 0 Å². The molecule has 1 saturated heterocycles. The third-order valence-electron chi connectivity index (χ3n) is 5.22. The van der Waals surface area contributed by atoms with Crippen LogP contribution in [0.3, 0.4) is 0 Å². The molecular formula is C23H44O4. The first-order valence-electron chi connectivity index (χ1n) is 11.6. The molecule has 1 aliphatic heterocycles. The summed E-state index contributed by atoms with van der Waals surface area (Å²) in [6, 6.07) is 0. The van der Waals surface area contributed by atoms with E-state index in [9.17, 15) is 4.79 Å². The third kappa shape index (κ3) is 13.2. The Kier molecular flexibility index (Phi) is 14.8. The second-order valence-corrected chi connectivity index (χ2v) is 8.38. The Bertz CT molecular complexity index is 348. The van der Waals surface area contributed by atoms with Gasteiger partial charge in [-0.25, -0.2) is 0 Å². The van der Waals surface area contributed by atoms with Crippen LogP contribution in [0.15, 0.2) is 0 Å². The van der Waals surface area contributed by atoms with E-state index < -0.39 is 0 Å². The minimum absolute atomic E-state index is 0.113. The van der Waals surface area contributed by atoms with Gasteiger partial charge in [-0.1, -0.05) is 97.8 Å². The Balaban J connectivity index is 1.83. The molecule has 0 spiro atoms. The van der Waals surface area contributed by atoms with E-state index in [4.69, 9.17) is 14.2 Å². The summed E-state index contributed by atoms with van der Waals surface area (Å²) in [6.07, 6.45) is 17.2. The highest BCUT2D eigenvalue weighted by molar-refractivity contribution is 5.69. The average molecular weight is 385 g/mol. The Morgan fingerprint density at radius 2 is 1.26 bits per heavy atom. The number of rotatable bonds is 16. The van der Waals surface area contributed by atoms with Gasteiger partial charge in [0.05, 0.1) is 13.2 Å². The molecule has 27 heavy (non-hydrogen) atoms. The lowest BCUT2D eigenvalue weighted by Crippen LogP contribution is -2.40. The van der Waals surface area contributed by atoms with Crippen LogP contribution < -0.4 is 0 Å². The van der Waals surface area contributed by atoms with Gasteiger partial charge in [0.15, 0.2) is 6.29 Å². The predicted octanol–water partition coefficient (Wildman–Crippen LogP) is 6.41. The number of ether oxygens (including phenoxy) is 3. The van der Waals surface area contributed by atoms with E-state index in [2.05, 4.69) is 20.8 Å². The number of carbonyl (C=O) groups excluding carboxylic acids is 1. The second-order valence-electron chi connectivity index (χ2n) is 8.38. The maximum absolute atomic E-state index is 11.9. The van der Waals surface area contributed by atoms with Crippen LogP contribution in [-0.4, -0.2) is 31.6 Å². The van der Waals surface area contributed by atoms with Gasteiger partial charge < -0.3 is 14.2 Å². The molecular weight excluding hydrogens is 340 g/mol. The standard InChI is InChI=1S/C23H44O4/c1-4-5-6-7-8-9-10-11-12-13-14-15-16-17-22(24)27-21-18-25-23(20(2)3)26-19-21/h20-21,23H,4-19H2,1-3H3. The summed E-state index contributed by atoms with van der Waals surface area (Å²) in [5, 5.41) is 0. The zero-order valence-electron chi connectivity index (χ0n) is 18.2. The van der Waals surface area contributed by atoms with E-state index in [0.717, 1.165) is 12.8 Å². The maximum Gasteiger partial charge on any atom is 0.306 e. The van der Waals surface area contributed by atoms with Gasteiger partial charge >= 0.3 is 5.97 Å². The molecule has 1 heterocycles. The van der Waals surface area contributed by atoms with Gasteiger partial charge in [-0.05, 0) is 6.42 Å². The summed E-state index contributed by atoms with van der Waals surface area (Å²) in [4.78, 5) is 11.9. The van der Waals surface area contributed by atoms with Gasteiger partial charge in [0, 0.05) is 12.3 Å². The number of hydrogen-bond acceptors (Lipinski definition) is 4. The Morgan fingerprint density at radius 1 is 0.815 bits per heavy atom. The quantitative estimate of drug-likeness (QED) is 0.228. The molecule has 0 atom stereocenters. The molecule has 0 amide bonds. The second kappa shape index (κ2) is 16.4. The molecule has 1 fully saturated rings. The van der Waals surface area contributed by atoms with Crippen molar-refractivity contribution >= 4 is 5.97 Å². The third-order valence-corrected chi connectivity index (χ3v) is 5.22. The van der Waals surface area contributed by atoms with E-state index in [1.54, 1.807) is 0 Å². The van der Waals surface area contributed by atoms with E-state index in [-0.39, 0.29) is 18.4 Å². The van der Waals surface area contributed by atoms with Crippen molar-refractivity contribution in [2.24, 2.45) is 5.92 Å². The topological polar surface area (TPSA) is 44.8 Å². The minimum Gasteiger partial charge on any atom is -0.457 e. The zero-order chi connectivity index (χ0) is 19.7. The largest absolute Gasteiger partial charge is 0.457 e. The fourth-order valence-electron chi connectivity index (χ4n) is 3.49. The molecule has 4 nitrogen and oxygen atoms in total. The van der Waals surface area contributed by atoms with Crippen molar-refractivity contribution < 1.29 is 19.0 Å². The molecule has 0 bridgehead atoms. The van der Waals surface area contributed by atoms with Crippen molar-refractivity contribution in [2.45, 2.75) is 123 Å². The molecule has 0 aromatic heterocycles. The van der Waals surface area contributed by atoms with Crippen LogP contribution in [0.5, 0.6) is 0 Å².